The summed E-state index contributed by atoms with van der Waals surface area (Å²) in [5, 5.41) is 13.7. The second-order valence-corrected chi connectivity index (χ2v) is 7.64. The van der Waals surface area contributed by atoms with E-state index in [1.54, 1.807) is 0 Å². The second-order valence-electron chi connectivity index (χ2n) is 7.64. The highest BCUT2D eigenvalue weighted by Crippen LogP contribution is 2.41. The van der Waals surface area contributed by atoms with E-state index >= 15 is 0 Å². The molecule has 3 N–H and O–H groups in total. The van der Waals surface area contributed by atoms with E-state index in [1.807, 2.05) is 6.92 Å². The van der Waals surface area contributed by atoms with E-state index in [-0.39, 0.29) is 24.5 Å². The molecule has 0 bridgehead atoms. The summed E-state index contributed by atoms with van der Waals surface area (Å²) in [5.74, 6) is -0.185. The maximum atomic E-state index is 12.7. The Hall–Kier alpha value is -2.11. The van der Waals surface area contributed by atoms with Gasteiger partial charge >= 0.3 is 0 Å². The summed E-state index contributed by atoms with van der Waals surface area (Å²) >= 11 is 0. The molecule has 3 atom stereocenters. The summed E-state index contributed by atoms with van der Waals surface area (Å²) in [4.78, 5) is 18.5. The van der Waals surface area contributed by atoms with Crippen LogP contribution in [0.15, 0.2) is 24.3 Å². The Morgan fingerprint density at radius 2 is 2.27 bits per heavy atom. The number of nitrogens with zero attached hydrogens (tertiary/aromatic N) is 1. The number of aliphatic hydroxyl groups excluding tert-OH is 1. The van der Waals surface area contributed by atoms with E-state index in [0.717, 1.165) is 12.8 Å². The van der Waals surface area contributed by atoms with E-state index in [0.29, 0.717) is 12.6 Å². The van der Waals surface area contributed by atoms with Crippen LogP contribution in [0.2, 0.25) is 0 Å². The Bertz CT molecular complexity index is 879. The lowest BCUT2D eigenvalue weighted by Gasteiger charge is -2.39. The molecule has 0 saturated carbocycles. The van der Waals surface area contributed by atoms with Crippen LogP contribution in [0.3, 0.4) is 0 Å². The van der Waals surface area contributed by atoms with Crippen LogP contribution < -0.4 is 5.32 Å². The summed E-state index contributed by atoms with van der Waals surface area (Å²) in [5.41, 5.74) is 6.33. The number of nitrogens with one attached hydrogen (secondary N) is 2. The molecule has 138 valence electrons. The van der Waals surface area contributed by atoms with Crippen LogP contribution in [0.25, 0.3) is 16.5 Å². The number of carbonyl (C=O) groups excluding carboxylic acids is 1. The van der Waals surface area contributed by atoms with Gasteiger partial charge in [-0.15, -0.1) is 0 Å². The normalized spacial score (nSPS) is 23.5. The monoisotopic (exact) mass is 353 g/mol. The van der Waals surface area contributed by atoms with Gasteiger partial charge in [0.15, 0.2) is 0 Å². The predicted molar refractivity (Wildman–Crippen MR) is 104 cm³/mol. The van der Waals surface area contributed by atoms with Crippen molar-refractivity contribution in [3.63, 3.8) is 0 Å². The first-order chi connectivity index (χ1) is 12.5. The highest BCUT2D eigenvalue weighted by Gasteiger charge is 2.36. The van der Waals surface area contributed by atoms with Gasteiger partial charge in [0.05, 0.1) is 18.6 Å². The number of hydrogen-bond acceptors (Lipinski definition) is 3. The van der Waals surface area contributed by atoms with E-state index < -0.39 is 0 Å². The zero-order chi connectivity index (χ0) is 18.4. The van der Waals surface area contributed by atoms with Gasteiger partial charge < -0.3 is 15.4 Å². The van der Waals surface area contributed by atoms with Crippen LogP contribution in [0.4, 0.5) is 0 Å². The number of aromatic amines is 1. The van der Waals surface area contributed by atoms with Crippen LogP contribution in [-0.2, 0) is 11.2 Å². The van der Waals surface area contributed by atoms with Gasteiger partial charge in [-0.05, 0) is 49.6 Å². The summed E-state index contributed by atoms with van der Waals surface area (Å²) in [6, 6.07) is 6.53. The van der Waals surface area contributed by atoms with Gasteiger partial charge in [-0.3, -0.25) is 9.69 Å². The first-order valence-corrected chi connectivity index (χ1v) is 9.47. The van der Waals surface area contributed by atoms with Gasteiger partial charge in [-0.1, -0.05) is 25.1 Å². The Labute approximate surface area is 154 Å². The molecule has 5 nitrogen and oxygen atoms in total. The topological polar surface area (TPSA) is 68.4 Å². The molecule has 1 aromatic carbocycles. The van der Waals surface area contributed by atoms with Crippen molar-refractivity contribution in [2.75, 3.05) is 20.2 Å². The predicted octanol–water partition coefficient (Wildman–Crippen LogP) is 2.23. The Kier molecular flexibility index (Phi) is 4.37. The third-order valence-electron chi connectivity index (χ3n) is 6.00. The largest absolute Gasteiger partial charge is 0.394 e. The average Bonchev–Trinajstić information content (AvgIpc) is 2.97. The lowest BCUT2D eigenvalue weighted by atomic mass is 9.79. The number of hydrogen-bond donors (Lipinski definition) is 3. The van der Waals surface area contributed by atoms with Crippen molar-refractivity contribution in [2.24, 2.45) is 5.92 Å². The van der Waals surface area contributed by atoms with Gasteiger partial charge in [0, 0.05) is 29.2 Å². The lowest BCUT2D eigenvalue weighted by molar-refractivity contribution is -0.125. The van der Waals surface area contributed by atoms with Gasteiger partial charge in [0.2, 0.25) is 5.91 Å². The van der Waals surface area contributed by atoms with Crippen LogP contribution in [0.5, 0.6) is 0 Å². The van der Waals surface area contributed by atoms with Crippen LogP contribution >= 0.6 is 0 Å². The number of amides is 1. The number of benzene rings is 1. The SMILES string of the molecule is CC[C@@H](CO)NC(=O)[C@@H]1C=C2c3cccc4[nH]c(C)c(c34)C[C@H]2N(C)C1. The van der Waals surface area contributed by atoms with Gasteiger partial charge in [-0.25, -0.2) is 0 Å². The summed E-state index contributed by atoms with van der Waals surface area (Å²) < 4.78 is 0. The first-order valence-electron chi connectivity index (χ1n) is 9.47. The Morgan fingerprint density at radius 3 is 3.00 bits per heavy atom. The number of aliphatic hydroxyl groups is 1. The fourth-order valence-corrected chi connectivity index (χ4v) is 4.47. The quantitative estimate of drug-likeness (QED) is 0.790. The van der Waals surface area contributed by atoms with E-state index in [4.69, 9.17) is 0 Å². The fourth-order valence-electron chi connectivity index (χ4n) is 4.47. The van der Waals surface area contributed by atoms with E-state index in [2.05, 4.69) is 53.4 Å². The number of aryl methyl sites for hydroxylation is 1. The third kappa shape index (κ3) is 2.66. The van der Waals surface area contributed by atoms with Gasteiger partial charge in [-0.2, -0.15) is 0 Å². The number of likely N-dealkylation sites (N-methyl/N-ethyl adjacent to an activating group) is 1. The smallest absolute Gasteiger partial charge is 0.228 e. The maximum absolute atomic E-state index is 12.7. The molecular formula is C21H27N3O2. The minimum atomic E-state index is -0.191. The Morgan fingerprint density at radius 1 is 1.46 bits per heavy atom. The minimum Gasteiger partial charge on any atom is -0.394 e. The van der Waals surface area contributed by atoms with Gasteiger partial charge in [0.25, 0.3) is 0 Å². The van der Waals surface area contributed by atoms with E-state index in [1.165, 1.54) is 33.3 Å². The number of H-pyrrole nitrogens is 1. The molecule has 4 rings (SSSR count). The summed E-state index contributed by atoms with van der Waals surface area (Å²) in [6.45, 7) is 4.80. The van der Waals surface area contributed by atoms with Crippen molar-refractivity contribution < 1.29 is 9.90 Å². The second kappa shape index (κ2) is 6.56. The molecule has 2 aromatic rings. The molecule has 0 spiro atoms. The molecule has 26 heavy (non-hydrogen) atoms. The van der Waals surface area contributed by atoms with E-state index in [9.17, 15) is 9.90 Å². The van der Waals surface area contributed by atoms with Crippen molar-refractivity contribution >= 4 is 22.4 Å². The van der Waals surface area contributed by atoms with Crippen LogP contribution in [0, 0.1) is 12.8 Å². The van der Waals surface area contributed by atoms with Crippen molar-refractivity contribution in [1.29, 1.82) is 0 Å². The van der Waals surface area contributed by atoms with Crippen molar-refractivity contribution in [1.82, 2.24) is 15.2 Å². The zero-order valence-electron chi connectivity index (χ0n) is 15.7. The molecule has 0 fully saturated rings. The molecule has 0 radical (unpaired) electrons. The minimum absolute atomic E-state index is 0.00641. The number of fused-ring (bicyclic) bond motifs is 2. The fraction of sp³-hybridized carbons (Fsp3) is 0.476. The Balaban J connectivity index is 1.74. The molecule has 1 aliphatic heterocycles. The molecule has 0 saturated heterocycles. The molecule has 1 amide bonds. The third-order valence-corrected chi connectivity index (χ3v) is 6.00. The molecule has 2 heterocycles. The van der Waals surface area contributed by atoms with Crippen LogP contribution in [0.1, 0.15) is 30.2 Å². The van der Waals surface area contributed by atoms with Crippen molar-refractivity contribution in [2.45, 2.75) is 38.8 Å². The number of rotatable bonds is 4. The molecule has 1 aromatic heterocycles. The molecule has 1 aliphatic carbocycles. The van der Waals surface area contributed by atoms with Crippen molar-refractivity contribution in [3.05, 3.63) is 41.1 Å². The number of aromatic nitrogens is 1. The maximum Gasteiger partial charge on any atom is 0.228 e. The molecular weight excluding hydrogens is 326 g/mol. The standard InChI is InChI=1S/C21H27N3O2/c1-4-14(11-25)23-21(26)13-8-17-15-6-5-7-18-20(15)16(12(2)22-18)9-19(17)24(3)10-13/h5-8,13-14,19,22,25H,4,9-11H2,1-3H3,(H,23,26)/t13-,14+,19-/m1/s1. The molecule has 5 heteroatoms. The average molecular weight is 353 g/mol. The zero-order valence-corrected chi connectivity index (χ0v) is 15.7. The van der Waals surface area contributed by atoms with Crippen molar-refractivity contribution in [3.8, 4) is 0 Å². The molecule has 0 unspecified atom stereocenters. The molecule has 2 aliphatic rings. The lowest BCUT2D eigenvalue weighted by Crippen LogP contribution is -2.48. The summed E-state index contributed by atoms with van der Waals surface area (Å²) in [7, 11) is 2.11. The summed E-state index contributed by atoms with van der Waals surface area (Å²) in [6.07, 6.45) is 3.87. The highest BCUT2D eigenvalue weighted by atomic mass is 16.3. The van der Waals surface area contributed by atoms with Crippen LogP contribution in [-0.4, -0.2) is 53.2 Å². The highest BCUT2D eigenvalue weighted by molar-refractivity contribution is 6.00. The number of carbonyl (C=O) groups is 1. The van der Waals surface area contributed by atoms with Gasteiger partial charge in [0.1, 0.15) is 0 Å². The first kappa shape index (κ1) is 17.3.